The normalized spacial score (nSPS) is 19.1. The Labute approximate surface area is 138 Å². The van der Waals surface area contributed by atoms with Gasteiger partial charge in [-0.1, -0.05) is 25.4 Å². The molecule has 2 rings (SSSR count). The fourth-order valence-corrected chi connectivity index (χ4v) is 3.22. The van der Waals surface area contributed by atoms with Crippen molar-refractivity contribution in [3.05, 3.63) is 27.2 Å². The van der Waals surface area contributed by atoms with Crippen molar-refractivity contribution in [2.45, 2.75) is 33.2 Å². The summed E-state index contributed by atoms with van der Waals surface area (Å²) in [5, 5.41) is 3.34. The van der Waals surface area contributed by atoms with Gasteiger partial charge in [-0.15, -0.1) is 0 Å². The molecular weight excluding hydrogens is 356 g/mol. The molecule has 1 aromatic rings. The number of hydrogen-bond acceptors (Lipinski definition) is 2. The van der Waals surface area contributed by atoms with Crippen LogP contribution in [0.15, 0.2) is 16.6 Å². The monoisotopic (exact) mass is 372 g/mol. The molecule has 1 saturated heterocycles. The summed E-state index contributed by atoms with van der Waals surface area (Å²) < 4.78 is 0.760. The number of carbonyl (C=O) groups excluding carboxylic acids is 2. The Balaban J connectivity index is 2.36. The first kappa shape index (κ1) is 16.3. The summed E-state index contributed by atoms with van der Waals surface area (Å²) in [7, 11) is 0. The van der Waals surface area contributed by atoms with E-state index in [0.29, 0.717) is 23.0 Å². The summed E-state index contributed by atoms with van der Waals surface area (Å²) >= 11 is 9.60. The van der Waals surface area contributed by atoms with Crippen LogP contribution in [0, 0.1) is 12.8 Å². The third-order valence-electron chi connectivity index (χ3n) is 3.43. The van der Waals surface area contributed by atoms with Crippen LogP contribution in [0.3, 0.4) is 0 Å². The van der Waals surface area contributed by atoms with Gasteiger partial charge in [0.1, 0.15) is 12.6 Å². The highest BCUT2D eigenvalue weighted by atomic mass is 79.9. The number of anilines is 1. The Kier molecular flexibility index (Phi) is 4.94. The summed E-state index contributed by atoms with van der Waals surface area (Å²) in [4.78, 5) is 26.0. The molecule has 4 nitrogen and oxygen atoms in total. The molecular formula is C15H18BrClN2O2. The van der Waals surface area contributed by atoms with Gasteiger partial charge in [0.05, 0.1) is 5.69 Å². The molecule has 0 spiro atoms. The first-order valence-electron chi connectivity index (χ1n) is 6.86. The molecule has 0 saturated carbocycles. The summed E-state index contributed by atoms with van der Waals surface area (Å²) in [6, 6.07) is 3.11. The standard InChI is InChI=1S/C15H18BrClN2O2/c1-8(2)4-12-15(21)19(7-14(20)18-12)13-6-11(17)9(3)5-10(13)16/h5-6,8,12H,4,7H2,1-3H3,(H,18,20). The second kappa shape index (κ2) is 6.36. The zero-order chi connectivity index (χ0) is 15.7. The maximum absolute atomic E-state index is 12.6. The first-order valence-corrected chi connectivity index (χ1v) is 8.03. The van der Waals surface area contributed by atoms with Gasteiger partial charge >= 0.3 is 0 Å². The van der Waals surface area contributed by atoms with Crippen LogP contribution >= 0.6 is 27.5 Å². The largest absolute Gasteiger partial charge is 0.343 e. The van der Waals surface area contributed by atoms with E-state index in [0.717, 1.165) is 10.0 Å². The molecule has 1 heterocycles. The van der Waals surface area contributed by atoms with E-state index in [1.54, 1.807) is 6.07 Å². The van der Waals surface area contributed by atoms with Crippen LogP contribution in [0.25, 0.3) is 0 Å². The van der Waals surface area contributed by atoms with Gasteiger partial charge < -0.3 is 10.2 Å². The Morgan fingerprint density at radius 3 is 2.71 bits per heavy atom. The molecule has 0 bridgehead atoms. The molecule has 1 fully saturated rings. The van der Waals surface area contributed by atoms with E-state index < -0.39 is 6.04 Å². The van der Waals surface area contributed by atoms with Crippen LogP contribution in [0.1, 0.15) is 25.8 Å². The van der Waals surface area contributed by atoms with Gasteiger partial charge in [0.15, 0.2) is 0 Å². The lowest BCUT2D eigenvalue weighted by molar-refractivity contribution is -0.131. The lowest BCUT2D eigenvalue weighted by Crippen LogP contribution is -2.58. The minimum absolute atomic E-state index is 0.0193. The molecule has 21 heavy (non-hydrogen) atoms. The van der Waals surface area contributed by atoms with Crippen LogP contribution in [0.2, 0.25) is 5.02 Å². The number of nitrogens with one attached hydrogen (secondary N) is 1. The maximum atomic E-state index is 12.6. The smallest absolute Gasteiger partial charge is 0.250 e. The number of benzene rings is 1. The van der Waals surface area contributed by atoms with E-state index in [1.165, 1.54) is 4.90 Å². The van der Waals surface area contributed by atoms with Crippen LogP contribution in [-0.2, 0) is 9.59 Å². The number of hydrogen-bond donors (Lipinski definition) is 1. The number of piperazine rings is 1. The second-order valence-corrected chi connectivity index (χ2v) is 6.99. The molecule has 1 aliphatic heterocycles. The average Bonchev–Trinajstić information content (AvgIpc) is 2.37. The van der Waals surface area contributed by atoms with Crippen molar-refractivity contribution in [1.82, 2.24) is 5.32 Å². The molecule has 1 unspecified atom stereocenters. The van der Waals surface area contributed by atoms with E-state index in [9.17, 15) is 9.59 Å². The van der Waals surface area contributed by atoms with Gasteiger partial charge in [-0.3, -0.25) is 9.59 Å². The van der Waals surface area contributed by atoms with E-state index in [-0.39, 0.29) is 18.4 Å². The van der Waals surface area contributed by atoms with Crippen molar-refractivity contribution in [2.24, 2.45) is 5.92 Å². The van der Waals surface area contributed by atoms with Crippen molar-refractivity contribution in [2.75, 3.05) is 11.4 Å². The average molecular weight is 374 g/mol. The zero-order valence-corrected chi connectivity index (χ0v) is 14.6. The van der Waals surface area contributed by atoms with Crippen LogP contribution < -0.4 is 10.2 Å². The maximum Gasteiger partial charge on any atom is 0.250 e. The summed E-state index contributed by atoms with van der Waals surface area (Å²) in [6.07, 6.45) is 0.623. The zero-order valence-electron chi connectivity index (χ0n) is 12.2. The molecule has 1 aromatic carbocycles. The minimum atomic E-state index is -0.474. The lowest BCUT2D eigenvalue weighted by Gasteiger charge is -2.34. The highest BCUT2D eigenvalue weighted by molar-refractivity contribution is 9.10. The molecule has 1 aliphatic rings. The quantitative estimate of drug-likeness (QED) is 0.884. The van der Waals surface area contributed by atoms with E-state index in [2.05, 4.69) is 21.2 Å². The van der Waals surface area contributed by atoms with Crippen molar-refractivity contribution in [3.8, 4) is 0 Å². The number of halogens is 2. The summed E-state index contributed by atoms with van der Waals surface area (Å²) in [5.74, 6) is 0.0806. The first-order chi connectivity index (χ1) is 9.79. The van der Waals surface area contributed by atoms with Crippen molar-refractivity contribution in [3.63, 3.8) is 0 Å². The summed E-state index contributed by atoms with van der Waals surface area (Å²) in [6.45, 7) is 5.96. The molecule has 2 amide bonds. The van der Waals surface area contributed by atoms with Gasteiger partial charge in [0, 0.05) is 9.50 Å². The Morgan fingerprint density at radius 1 is 1.43 bits per heavy atom. The molecule has 1 atom stereocenters. The molecule has 0 aliphatic carbocycles. The minimum Gasteiger partial charge on any atom is -0.343 e. The number of nitrogens with zero attached hydrogens (tertiary/aromatic N) is 1. The second-order valence-electron chi connectivity index (χ2n) is 5.73. The SMILES string of the molecule is Cc1cc(Br)c(N2CC(=O)NC(CC(C)C)C2=O)cc1Cl. The van der Waals surface area contributed by atoms with Crippen LogP contribution in [0.4, 0.5) is 5.69 Å². The van der Waals surface area contributed by atoms with E-state index in [1.807, 2.05) is 26.8 Å². The fraction of sp³-hybridized carbons (Fsp3) is 0.467. The van der Waals surface area contributed by atoms with Gasteiger partial charge in [-0.05, 0) is 52.9 Å². The molecule has 0 radical (unpaired) electrons. The number of amides is 2. The van der Waals surface area contributed by atoms with Gasteiger partial charge in [0.2, 0.25) is 11.8 Å². The predicted octanol–water partition coefficient (Wildman–Crippen LogP) is 3.29. The Hall–Kier alpha value is -1.07. The summed E-state index contributed by atoms with van der Waals surface area (Å²) in [5.41, 5.74) is 1.55. The van der Waals surface area contributed by atoms with Crippen LogP contribution in [-0.4, -0.2) is 24.4 Å². The van der Waals surface area contributed by atoms with Crippen molar-refractivity contribution in [1.29, 1.82) is 0 Å². The Bertz CT molecular complexity index is 589. The van der Waals surface area contributed by atoms with E-state index in [4.69, 9.17) is 11.6 Å². The van der Waals surface area contributed by atoms with Gasteiger partial charge in [-0.2, -0.15) is 0 Å². The van der Waals surface area contributed by atoms with Crippen molar-refractivity contribution < 1.29 is 9.59 Å². The number of rotatable bonds is 3. The Morgan fingerprint density at radius 2 is 2.10 bits per heavy atom. The molecule has 114 valence electrons. The topological polar surface area (TPSA) is 49.4 Å². The number of aryl methyl sites for hydroxylation is 1. The molecule has 6 heteroatoms. The fourth-order valence-electron chi connectivity index (χ4n) is 2.39. The van der Waals surface area contributed by atoms with Gasteiger partial charge in [0.25, 0.3) is 0 Å². The van der Waals surface area contributed by atoms with Gasteiger partial charge in [-0.25, -0.2) is 0 Å². The highest BCUT2D eigenvalue weighted by Gasteiger charge is 2.34. The van der Waals surface area contributed by atoms with Crippen LogP contribution in [0.5, 0.6) is 0 Å². The highest BCUT2D eigenvalue weighted by Crippen LogP contribution is 2.33. The number of carbonyl (C=O) groups is 2. The lowest BCUT2D eigenvalue weighted by atomic mass is 10.0. The third-order valence-corrected chi connectivity index (χ3v) is 4.47. The third kappa shape index (κ3) is 3.58. The van der Waals surface area contributed by atoms with E-state index >= 15 is 0 Å². The van der Waals surface area contributed by atoms with Crippen molar-refractivity contribution >= 4 is 45.0 Å². The molecule has 0 aromatic heterocycles. The molecule has 1 N–H and O–H groups in total. The predicted molar refractivity (Wildman–Crippen MR) is 87.6 cm³/mol.